The summed E-state index contributed by atoms with van der Waals surface area (Å²) in [6, 6.07) is 17.9. The maximum absolute atomic E-state index is 5.88. The molecule has 0 spiro atoms. The summed E-state index contributed by atoms with van der Waals surface area (Å²) in [5.74, 6) is 2.33. The Labute approximate surface area is 109 Å². The largest absolute Gasteiger partial charge is 0.455 e. The molecule has 0 aromatic heterocycles. The van der Waals surface area contributed by atoms with Crippen molar-refractivity contribution in [3.8, 4) is 11.5 Å². The molecule has 0 bridgehead atoms. The zero-order valence-corrected chi connectivity index (χ0v) is 10.9. The van der Waals surface area contributed by atoms with E-state index >= 15 is 0 Å². The average Bonchev–Trinajstić information content (AvgIpc) is 2.39. The van der Waals surface area contributed by atoms with E-state index in [4.69, 9.17) is 4.74 Å². The molecule has 1 N–H and O–H groups in total. The van der Waals surface area contributed by atoms with Crippen LogP contribution in [-0.2, 0) is 0 Å². The van der Waals surface area contributed by atoms with Gasteiger partial charge in [0.2, 0.25) is 0 Å². The molecule has 0 saturated heterocycles. The lowest BCUT2D eigenvalue weighted by molar-refractivity contribution is 0.484. The molecule has 0 amide bonds. The molecule has 0 atom stereocenters. The Morgan fingerprint density at radius 2 is 1.61 bits per heavy atom. The van der Waals surface area contributed by atoms with Crippen molar-refractivity contribution in [2.45, 2.75) is 13.8 Å². The van der Waals surface area contributed by atoms with Gasteiger partial charge in [0.15, 0.2) is 5.75 Å². The first kappa shape index (κ1) is 12.5. The summed E-state index contributed by atoms with van der Waals surface area (Å²) in [7, 11) is 0. The number of hydrogen-bond donors (Lipinski definition) is 1. The molecular weight excluding hydrogens is 222 g/mol. The molecule has 0 unspecified atom stereocenters. The van der Waals surface area contributed by atoms with Crippen LogP contribution in [0.3, 0.4) is 0 Å². The first-order valence-corrected chi connectivity index (χ1v) is 6.31. The van der Waals surface area contributed by atoms with E-state index < -0.39 is 0 Å². The van der Waals surface area contributed by atoms with Gasteiger partial charge in [-0.1, -0.05) is 44.2 Å². The molecule has 0 heterocycles. The van der Waals surface area contributed by atoms with Crippen molar-refractivity contribution in [2.24, 2.45) is 5.92 Å². The zero-order valence-electron chi connectivity index (χ0n) is 10.9. The lowest BCUT2D eigenvalue weighted by atomic mass is 10.2. The van der Waals surface area contributed by atoms with Crippen LogP contribution in [-0.4, -0.2) is 6.54 Å². The summed E-state index contributed by atoms with van der Waals surface area (Å²) in [5.41, 5.74) is 1.04. The number of nitrogens with one attached hydrogen (secondary N) is 1. The molecule has 0 radical (unpaired) electrons. The summed E-state index contributed by atoms with van der Waals surface area (Å²) in [6.45, 7) is 5.32. The predicted octanol–water partition coefficient (Wildman–Crippen LogP) is 4.55. The average molecular weight is 241 g/mol. The van der Waals surface area contributed by atoms with E-state index in [-0.39, 0.29) is 0 Å². The molecule has 2 aromatic rings. The standard InChI is InChI=1S/C16H19NO/c1-13(2)12-17-15-10-6-7-11-16(15)18-14-8-4-3-5-9-14/h3-11,13,17H,12H2,1-2H3. The van der Waals surface area contributed by atoms with E-state index in [1.165, 1.54) is 0 Å². The van der Waals surface area contributed by atoms with Crippen LogP contribution in [0.25, 0.3) is 0 Å². The van der Waals surface area contributed by atoms with E-state index in [0.717, 1.165) is 23.7 Å². The van der Waals surface area contributed by atoms with E-state index in [1.807, 2.05) is 54.6 Å². The lowest BCUT2D eigenvalue weighted by Crippen LogP contribution is -2.08. The molecule has 0 saturated carbocycles. The quantitative estimate of drug-likeness (QED) is 0.829. The molecule has 0 aliphatic carbocycles. The zero-order chi connectivity index (χ0) is 12.8. The third kappa shape index (κ3) is 3.52. The maximum Gasteiger partial charge on any atom is 0.150 e. The van der Waals surface area contributed by atoms with Crippen molar-refractivity contribution in [3.63, 3.8) is 0 Å². The summed E-state index contributed by atoms with van der Waals surface area (Å²) < 4.78 is 5.88. The number of anilines is 1. The second-order valence-electron chi connectivity index (χ2n) is 4.69. The summed E-state index contributed by atoms with van der Waals surface area (Å²) in [6.07, 6.45) is 0. The fourth-order valence-electron chi connectivity index (χ4n) is 1.63. The SMILES string of the molecule is CC(C)CNc1ccccc1Oc1ccccc1. The molecule has 18 heavy (non-hydrogen) atoms. The molecule has 0 fully saturated rings. The summed E-state index contributed by atoms with van der Waals surface area (Å²) >= 11 is 0. The number of ether oxygens (including phenoxy) is 1. The molecule has 0 aliphatic heterocycles. The highest BCUT2D eigenvalue weighted by atomic mass is 16.5. The summed E-state index contributed by atoms with van der Waals surface area (Å²) in [5, 5.41) is 3.41. The van der Waals surface area contributed by atoms with Crippen LogP contribution in [0.4, 0.5) is 5.69 Å². The van der Waals surface area contributed by atoms with Crippen molar-refractivity contribution in [2.75, 3.05) is 11.9 Å². The van der Waals surface area contributed by atoms with Gasteiger partial charge in [-0.15, -0.1) is 0 Å². The minimum absolute atomic E-state index is 0.606. The molecule has 2 nitrogen and oxygen atoms in total. The summed E-state index contributed by atoms with van der Waals surface area (Å²) in [4.78, 5) is 0. The Hall–Kier alpha value is -1.96. The second-order valence-corrected chi connectivity index (χ2v) is 4.69. The molecule has 2 aromatic carbocycles. The molecule has 94 valence electrons. The van der Waals surface area contributed by atoms with E-state index in [2.05, 4.69) is 19.2 Å². The Bertz CT molecular complexity index is 479. The van der Waals surface area contributed by atoms with E-state index in [0.29, 0.717) is 5.92 Å². The van der Waals surface area contributed by atoms with Gasteiger partial charge in [0.25, 0.3) is 0 Å². The minimum atomic E-state index is 0.606. The molecule has 2 heteroatoms. The Balaban J connectivity index is 2.12. The predicted molar refractivity (Wildman–Crippen MR) is 76.3 cm³/mol. The first-order chi connectivity index (χ1) is 8.75. The lowest BCUT2D eigenvalue weighted by Gasteiger charge is -2.14. The maximum atomic E-state index is 5.88. The van der Waals surface area contributed by atoms with E-state index in [9.17, 15) is 0 Å². The Kier molecular flexibility index (Phi) is 4.24. The highest BCUT2D eigenvalue weighted by Crippen LogP contribution is 2.29. The van der Waals surface area contributed by atoms with Gasteiger partial charge in [0, 0.05) is 6.54 Å². The number of benzene rings is 2. The molecular formula is C16H19NO. The van der Waals surface area contributed by atoms with Crippen molar-refractivity contribution in [3.05, 3.63) is 54.6 Å². The van der Waals surface area contributed by atoms with Crippen molar-refractivity contribution < 1.29 is 4.74 Å². The van der Waals surface area contributed by atoms with Crippen molar-refractivity contribution in [1.82, 2.24) is 0 Å². The first-order valence-electron chi connectivity index (χ1n) is 6.31. The van der Waals surface area contributed by atoms with Gasteiger partial charge >= 0.3 is 0 Å². The van der Waals surface area contributed by atoms with Crippen LogP contribution < -0.4 is 10.1 Å². The fraction of sp³-hybridized carbons (Fsp3) is 0.250. The third-order valence-corrected chi connectivity index (χ3v) is 2.56. The number of rotatable bonds is 5. The number of para-hydroxylation sites is 3. The Morgan fingerprint density at radius 3 is 2.33 bits per heavy atom. The van der Waals surface area contributed by atoms with Crippen LogP contribution in [0.5, 0.6) is 11.5 Å². The van der Waals surface area contributed by atoms with Gasteiger partial charge in [-0.3, -0.25) is 0 Å². The minimum Gasteiger partial charge on any atom is -0.455 e. The monoisotopic (exact) mass is 241 g/mol. The topological polar surface area (TPSA) is 21.3 Å². The van der Waals surface area contributed by atoms with E-state index in [1.54, 1.807) is 0 Å². The van der Waals surface area contributed by atoms with Gasteiger partial charge < -0.3 is 10.1 Å². The highest BCUT2D eigenvalue weighted by molar-refractivity contribution is 5.57. The van der Waals surface area contributed by atoms with Crippen LogP contribution >= 0.6 is 0 Å². The van der Waals surface area contributed by atoms with Gasteiger partial charge in [0.1, 0.15) is 5.75 Å². The second kappa shape index (κ2) is 6.10. The van der Waals surface area contributed by atoms with Crippen LogP contribution in [0.15, 0.2) is 54.6 Å². The van der Waals surface area contributed by atoms with Gasteiger partial charge in [-0.05, 0) is 30.2 Å². The molecule has 0 aliphatic rings. The fourth-order valence-corrected chi connectivity index (χ4v) is 1.63. The van der Waals surface area contributed by atoms with Crippen LogP contribution in [0.1, 0.15) is 13.8 Å². The normalized spacial score (nSPS) is 10.4. The smallest absolute Gasteiger partial charge is 0.150 e. The van der Waals surface area contributed by atoms with Gasteiger partial charge in [-0.25, -0.2) is 0 Å². The van der Waals surface area contributed by atoms with Gasteiger partial charge in [-0.2, -0.15) is 0 Å². The Morgan fingerprint density at radius 1 is 0.944 bits per heavy atom. The number of hydrogen-bond acceptors (Lipinski definition) is 2. The van der Waals surface area contributed by atoms with Crippen LogP contribution in [0, 0.1) is 5.92 Å². The van der Waals surface area contributed by atoms with Crippen LogP contribution in [0.2, 0.25) is 0 Å². The van der Waals surface area contributed by atoms with Crippen molar-refractivity contribution in [1.29, 1.82) is 0 Å². The van der Waals surface area contributed by atoms with Crippen molar-refractivity contribution >= 4 is 5.69 Å². The van der Waals surface area contributed by atoms with Gasteiger partial charge in [0.05, 0.1) is 5.69 Å². The highest BCUT2D eigenvalue weighted by Gasteiger charge is 2.04. The molecule has 2 rings (SSSR count). The third-order valence-electron chi connectivity index (χ3n) is 2.56.